The van der Waals surface area contributed by atoms with Crippen molar-refractivity contribution < 1.29 is 19.1 Å². The number of piperidine rings is 1. The van der Waals surface area contributed by atoms with Gasteiger partial charge in [-0.05, 0) is 55.7 Å². The molecule has 3 heterocycles. The molecule has 0 spiro atoms. The number of rotatable bonds is 5. The summed E-state index contributed by atoms with van der Waals surface area (Å²) < 4.78 is 15.5. The van der Waals surface area contributed by atoms with E-state index in [0.717, 1.165) is 28.2 Å². The predicted octanol–water partition coefficient (Wildman–Crippen LogP) is 5.17. The van der Waals surface area contributed by atoms with Crippen molar-refractivity contribution in [3.05, 3.63) is 92.6 Å². The number of aryl methyl sites for hydroxylation is 1. The topological polar surface area (TPSA) is 88.3 Å². The lowest BCUT2D eigenvalue weighted by Gasteiger charge is -2.39. The molecular formula is C27H23Cl2FN4O3. The van der Waals surface area contributed by atoms with Crippen LogP contribution in [0.1, 0.15) is 50.4 Å². The Balaban J connectivity index is 1.43. The SMILES string of the molecule is Cc1cc(Cn2cc(C(=O)N3CCC(O)(c4ccc(F)cc4C=O)CC3)c3ccc(Cl)cc32)c(Cl)nn1. The van der Waals surface area contributed by atoms with Gasteiger partial charge in [0.1, 0.15) is 5.82 Å². The molecule has 1 amide bonds. The first-order chi connectivity index (χ1) is 17.7. The fourth-order valence-electron chi connectivity index (χ4n) is 4.96. The van der Waals surface area contributed by atoms with Gasteiger partial charge in [-0.3, -0.25) is 9.59 Å². The average molecular weight is 541 g/mol. The molecule has 7 nitrogen and oxygen atoms in total. The highest BCUT2D eigenvalue weighted by atomic mass is 35.5. The van der Waals surface area contributed by atoms with Gasteiger partial charge in [0.2, 0.25) is 0 Å². The number of amides is 1. The second kappa shape index (κ2) is 9.85. The van der Waals surface area contributed by atoms with Crippen LogP contribution < -0.4 is 0 Å². The van der Waals surface area contributed by atoms with E-state index in [1.807, 2.05) is 23.6 Å². The lowest BCUT2D eigenvalue weighted by molar-refractivity contribution is -0.0215. The molecule has 1 fully saturated rings. The Hall–Kier alpha value is -3.33. The number of likely N-dealkylation sites (tertiary alicyclic amines) is 1. The van der Waals surface area contributed by atoms with Crippen LogP contribution >= 0.6 is 23.2 Å². The number of carbonyl (C=O) groups is 2. The maximum atomic E-state index is 13.6. The fourth-order valence-corrected chi connectivity index (χ4v) is 5.28. The normalized spacial score (nSPS) is 15.2. The first-order valence-corrected chi connectivity index (χ1v) is 12.5. The number of aromatic nitrogens is 3. The smallest absolute Gasteiger partial charge is 0.256 e. The van der Waals surface area contributed by atoms with Crippen LogP contribution in [0.4, 0.5) is 4.39 Å². The molecule has 1 N–H and O–H groups in total. The number of benzene rings is 2. The zero-order valence-electron chi connectivity index (χ0n) is 19.9. The van der Waals surface area contributed by atoms with Gasteiger partial charge in [0.25, 0.3) is 5.91 Å². The van der Waals surface area contributed by atoms with Crippen LogP contribution in [0.2, 0.25) is 10.2 Å². The molecule has 2 aromatic heterocycles. The highest BCUT2D eigenvalue weighted by Crippen LogP contribution is 2.36. The van der Waals surface area contributed by atoms with Gasteiger partial charge in [-0.25, -0.2) is 4.39 Å². The highest BCUT2D eigenvalue weighted by molar-refractivity contribution is 6.31. The maximum Gasteiger partial charge on any atom is 0.256 e. The molecule has 4 aromatic rings. The first-order valence-electron chi connectivity index (χ1n) is 11.7. The Morgan fingerprint density at radius 3 is 2.62 bits per heavy atom. The lowest BCUT2D eigenvalue weighted by Crippen LogP contribution is -2.45. The van der Waals surface area contributed by atoms with Crippen LogP contribution in [0.15, 0.2) is 48.7 Å². The second-order valence-corrected chi connectivity index (χ2v) is 10.1. The van der Waals surface area contributed by atoms with Crippen molar-refractivity contribution in [2.75, 3.05) is 13.1 Å². The van der Waals surface area contributed by atoms with Crippen molar-refractivity contribution in [3.8, 4) is 0 Å². The third kappa shape index (κ3) is 4.84. The van der Waals surface area contributed by atoms with Gasteiger partial charge in [0.05, 0.1) is 28.9 Å². The molecule has 0 atom stereocenters. The van der Waals surface area contributed by atoms with E-state index in [4.69, 9.17) is 23.2 Å². The van der Waals surface area contributed by atoms with Crippen molar-refractivity contribution in [1.29, 1.82) is 0 Å². The summed E-state index contributed by atoms with van der Waals surface area (Å²) in [7, 11) is 0. The van der Waals surface area contributed by atoms with Crippen molar-refractivity contribution in [2.45, 2.75) is 31.9 Å². The number of fused-ring (bicyclic) bond motifs is 1. The number of carbonyl (C=O) groups excluding carboxylic acids is 2. The van der Waals surface area contributed by atoms with Gasteiger partial charge in [-0.15, -0.1) is 5.10 Å². The maximum absolute atomic E-state index is 13.6. The Bertz CT molecular complexity index is 1530. The van der Waals surface area contributed by atoms with Crippen LogP contribution in [-0.2, 0) is 12.1 Å². The molecule has 1 aliphatic rings. The predicted molar refractivity (Wildman–Crippen MR) is 139 cm³/mol. The zero-order valence-corrected chi connectivity index (χ0v) is 21.4. The largest absolute Gasteiger partial charge is 0.385 e. The molecular weight excluding hydrogens is 518 g/mol. The summed E-state index contributed by atoms with van der Waals surface area (Å²) in [5.41, 5.74) is 1.93. The minimum absolute atomic E-state index is 0.113. The third-order valence-corrected chi connectivity index (χ3v) is 7.43. The summed E-state index contributed by atoms with van der Waals surface area (Å²) in [6.07, 6.45) is 2.75. The van der Waals surface area contributed by atoms with E-state index in [-0.39, 0.29) is 42.6 Å². The molecule has 0 unspecified atom stereocenters. The fraction of sp³-hybridized carbons (Fsp3) is 0.259. The van der Waals surface area contributed by atoms with E-state index in [0.29, 0.717) is 29.0 Å². The molecule has 5 rings (SSSR count). The lowest BCUT2D eigenvalue weighted by atomic mass is 9.82. The Kier molecular flexibility index (Phi) is 6.74. The van der Waals surface area contributed by atoms with Gasteiger partial charge >= 0.3 is 0 Å². The van der Waals surface area contributed by atoms with Gasteiger partial charge in [0.15, 0.2) is 11.4 Å². The summed E-state index contributed by atoms with van der Waals surface area (Å²) in [6, 6.07) is 11.0. The molecule has 0 radical (unpaired) electrons. The Morgan fingerprint density at radius 1 is 1.14 bits per heavy atom. The van der Waals surface area contributed by atoms with Crippen LogP contribution in [0.5, 0.6) is 0 Å². The zero-order chi connectivity index (χ0) is 26.3. The average Bonchev–Trinajstić information content (AvgIpc) is 3.23. The molecule has 1 aliphatic heterocycles. The molecule has 2 aromatic carbocycles. The van der Waals surface area contributed by atoms with Crippen molar-refractivity contribution >= 4 is 46.3 Å². The summed E-state index contributed by atoms with van der Waals surface area (Å²) in [6.45, 7) is 2.74. The number of hydrogen-bond acceptors (Lipinski definition) is 5. The van der Waals surface area contributed by atoms with Crippen LogP contribution in [0.25, 0.3) is 10.9 Å². The van der Waals surface area contributed by atoms with E-state index in [2.05, 4.69) is 10.2 Å². The Morgan fingerprint density at radius 2 is 1.89 bits per heavy atom. The van der Waals surface area contributed by atoms with Gasteiger partial charge in [0, 0.05) is 40.8 Å². The monoisotopic (exact) mass is 540 g/mol. The second-order valence-electron chi connectivity index (χ2n) is 9.31. The summed E-state index contributed by atoms with van der Waals surface area (Å²) >= 11 is 12.6. The highest BCUT2D eigenvalue weighted by Gasteiger charge is 2.37. The number of hydrogen-bond donors (Lipinski definition) is 1. The molecule has 0 bridgehead atoms. The standard InChI is InChI=1S/C27H23Cl2FN4O3/c1-16-10-17(25(29)32-31-16)13-34-14-22(21-4-2-19(28)12-24(21)34)26(36)33-8-6-27(37,7-9-33)23-5-3-20(30)11-18(23)15-35/h2-5,10-12,14-15,37H,6-9,13H2,1H3. The first kappa shape index (κ1) is 25.3. The number of aldehydes is 1. The van der Waals surface area contributed by atoms with Crippen LogP contribution in [0.3, 0.4) is 0 Å². The van der Waals surface area contributed by atoms with Crippen molar-refractivity contribution in [3.63, 3.8) is 0 Å². The van der Waals surface area contributed by atoms with Crippen molar-refractivity contribution in [2.24, 2.45) is 0 Å². The summed E-state index contributed by atoms with van der Waals surface area (Å²) in [4.78, 5) is 26.8. The van der Waals surface area contributed by atoms with Gasteiger partial charge in [-0.2, -0.15) is 5.10 Å². The van der Waals surface area contributed by atoms with Crippen LogP contribution in [0, 0.1) is 12.7 Å². The Labute approximate surface area is 222 Å². The molecule has 0 saturated carbocycles. The molecule has 1 saturated heterocycles. The summed E-state index contributed by atoms with van der Waals surface area (Å²) in [5.74, 6) is -0.726. The van der Waals surface area contributed by atoms with E-state index >= 15 is 0 Å². The molecule has 10 heteroatoms. The number of nitrogens with zero attached hydrogens (tertiary/aromatic N) is 4. The van der Waals surface area contributed by atoms with Crippen LogP contribution in [-0.4, -0.2) is 50.1 Å². The van der Waals surface area contributed by atoms with E-state index < -0.39 is 11.4 Å². The summed E-state index contributed by atoms with van der Waals surface area (Å²) in [5, 5.41) is 20.8. The van der Waals surface area contributed by atoms with E-state index in [1.54, 1.807) is 23.2 Å². The van der Waals surface area contributed by atoms with Gasteiger partial charge in [-0.1, -0.05) is 35.3 Å². The van der Waals surface area contributed by atoms with Gasteiger partial charge < -0.3 is 14.6 Å². The molecule has 190 valence electrons. The van der Waals surface area contributed by atoms with Crippen molar-refractivity contribution in [1.82, 2.24) is 19.7 Å². The quantitative estimate of drug-likeness (QED) is 0.353. The van der Waals surface area contributed by atoms with E-state index in [9.17, 15) is 19.1 Å². The molecule has 37 heavy (non-hydrogen) atoms. The minimum Gasteiger partial charge on any atom is -0.385 e. The van der Waals surface area contributed by atoms with E-state index in [1.165, 1.54) is 12.1 Å². The number of halogens is 3. The minimum atomic E-state index is -1.33. The third-order valence-electron chi connectivity index (χ3n) is 6.88. The number of aliphatic hydroxyl groups is 1. The molecule has 0 aliphatic carbocycles.